The van der Waals surface area contributed by atoms with Crippen LogP contribution in [-0.2, 0) is 16.1 Å². The molecule has 39 heavy (non-hydrogen) atoms. The summed E-state index contributed by atoms with van der Waals surface area (Å²) in [4.78, 5) is 40.4. The summed E-state index contributed by atoms with van der Waals surface area (Å²) in [5, 5.41) is 10.5. The Kier molecular flexibility index (Phi) is 7.58. The maximum absolute atomic E-state index is 13.4. The molecule has 0 spiro atoms. The van der Waals surface area contributed by atoms with Crippen molar-refractivity contribution >= 4 is 46.3 Å². The number of rotatable bonds is 5. The van der Waals surface area contributed by atoms with E-state index in [0.29, 0.717) is 16.6 Å². The lowest BCUT2D eigenvalue weighted by atomic mass is 9.98. The molecule has 1 unspecified atom stereocenters. The Morgan fingerprint density at radius 3 is 2.15 bits per heavy atom. The highest BCUT2D eigenvalue weighted by Crippen LogP contribution is 2.47. The van der Waals surface area contributed by atoms with Crippen molar-refractivity contribution in [1.29, 1.82) is 0 Å². The minimum atomic E-state index is -1.32. The van der Waals surface area contributed by atoms with Gasteiger partial charge in [0.25, 0.3) is 0 Å². The molecule has 0 radical (unpaired) electrons. The van der Waals surface area contributed by atoms with Crippen LogP contribution < -0.4 is 9.64 Å². The summed E-state index contributed by atoms with van der Waals surface area (Å²) in [7, 11) is 0. The molecule has 4 rings (SSSR count). The summed E-state index contributed by atoms with van der Waals surface area (Å²) in [6, 6.07) is 12.5. The summed E-state index contributed by atoms with van der Waals surface area (Å²) in [6.45, 7) is 10.8. The number of carbonyl (C=O) groups is 3. The van der Waals surface area contributed by atoms with Gasteiger partial charge in [-0.25, -0.2) is 19.0 Å². The average Bonchev–Trinajstić information content (AvgIpc) is 3.40. The van der Waals surface area contributed by atoms with Gasteiger partial charge in [0.05, 0.1) is 5.69 Å². The summed E-state index contributed by atoms with van der Waals surface area (Å²) in [5.74, 6) is -1.28. The van der Waals surface area contributed by atoms with Crippen molar-refractivity contribution in [3.63, 3.8) is 0 Å². The highest BCUT2D eigenvalue weighted by atomic mass is 35.5. The maximum atomic E-state index is 13.4. The van der Waals surface area contributed by atoms with Crippen LogP contribution >= 0.6 is 11.6 Å². The zero-order valence-corrected chi connectivity index (χ0v) is 23.7. The number of amides is 1. The monoisotopic (exact) mass is 556 g/mol. The van der Waals surface area contributed by atoms with Crippen LogP contribution in [-0.4, -0.2) is 51.5 Å². The molecule has 1 atom stereocenters. The van der Waals surface area contributed by atoms with Gasteiger partial charge in [-0.15, -0.1) is 11.6 Å². The number of benzene rings is 2. The van der Waals surface area contributed by atoms with Crippen LogP contribution in [0.3, 0.4) is 0 Å². The lowest BCUT2D eigenvalue weighted by molar-refractivity contribution is 0.0511. The Balaban J connectivity index is 1.97. The Morgan fingerprint density at radius 2 is 1.59 bits per heavy atom. The van der Waals surface area contributed by atoms with Crippen LogP contribution in [0.4, 0.5) is 15.3 Å². The maximum Gasteiger partial charge on any atom is 0.419 e. The number of fused-ring (bicyclic) bond motifs is 3. The number of anilines is 1. The SMILES string of the molecule is CC(C)(C)OC(=O)N1CC(CCl)c2c1cc(OCc1ccccc1)c1c2cc(C(=O)O)n1C(=O)OC(C)(C)C. The number of hydrogen-bond acceptors (Lipinski definition) is 6. The molecular formula is C29H33ClN2O7. The number of nitrogens with zero attached hydrogens (tertiary/aromatic N) is 2. The first-order valence-corrected chi connectivity index (χ1v) is 13.2. The third-order valence-electron chi connectivity index (χ3n) is 6.00. The van der Waals surface area contributed by atoms with Crippen LogP contribution in [0.25, 0.3) is 10.9 Å². The molecule has 10 heteroatoms. The predicted octanol–water partition coefficient (Wildman–Crippen LogP) is 6.78. The van der Waals surface area contributed by atoms with Crippen molar-refractivity contribution in [2.24, 2.45) is 0 Å². The van der Waals surface area contributed by atoms with Gasteiger partial charge in [-0.05, 0) is 58.7 Å². The van der Waals surface area contributed by atoms with E-state index >= 15 is 0 Å². The molecule has 0 bridgehead atoms. The smallest absolute Gasteiger partial charge is 0.419 e. The average molecular weight is 557 g/mol. The second-order valence-electron chi connectivity index (χ2n) is 11.4. The van der Waals surface area contributed by atoms with Crippen molar-refractivity contribution in [3.05, 3.63) is 59.3 Å². The van der Waals surface area contributed by atoms with Gasteiger partial charge in [0.1, 0.15) is 34.8 Å². The van der Waals surface area contributed by atoms with Gasteiger partial charge in [-0.2, -0.15) is 0 Å². The highest BCUT2D eigenvalue weighted by Gasteiger charge is 2.39. The number of carboxylic acid groups (broad SMARTS) is 1. The Labute approximate surface area is 232 Å². The molecule has 2 heterocycles. The van der Waals surface area contributed by atoms with Gasteiger partial charge >= 0.3 is 18.2 Å². The molecule has 0 aliphatic carbocycles. The van der Waals surface area contributed by atoms with E-state index in [9.17, 15) is 19.5 Å². The van der Waals surface area contributed by atoms with Crippen LogP contribution in [0.2, 0.25) is 0 Å². The molecule has 9 nitrogen and oxygen atoms in total. The molecule has 1 aliphatic heterocycles. The van der Waals surface area contributed by atoms with Crippen LogP contribution in [0.15, 0.2) is 42.5 Å². The van der Waals surface area contributed by atoms with Gasteiger partial charge in [-0.3, -0.25) is 4.90 Å². The van der Waals surface area contributed by atoms with Crippen LogP contribution in [0.1, 0.15) is 69.1 Å². The normalized spacial score (nSPS) is 15.3. The van der Waals surface area contributed by atoms with Crippen molar-refractivity contribution in [1.82, 2.24) is 4.57 Å². The largest absolute Gasteiger partial charge is 0.487 e. The molecular weight excluding hydrogens is 524 g/mol. The van der Waals surface area contributed by atoms with Gasteiger partial charge in [0.2, 0.25) is 0 Å². The fourth-order valence-electron chi connectivity index (χ4n) is 4.55. The topological polar surface area (TPSA) is 107 Å². The van der Waals surface area contributed by atoms with E-state index in [4.69, 9.17) is 25.8 Å². The van der Waals surface area contributed by atoms with Gasteiger partial charge in [0.15, 0.2) is 0 Å². The Morgan fingerprint density at radius 1 is 0.974 bits per heavy atom. The Bertz CT molecular complexity index is 1420. The van der Waals surface area contributed by atoms with E-state index in [2.05, 4.69) is 0 Å². The first-order valence-electron chi connectivity index (χ1n) is 12.6. The fraction of sp³-hybridized carbons (Fsp3) is 0.414. The lowest BCUT2D eigenvalue weighted by Crippen LogP contribution is -2.36. The molecule has 208 valence electrons. The van der Waals surface area contributed by atoms with E-state index < -0.39 is 29.4 Å². The summed E-state index contributed by atoms with van der Waals surface area (Å²) < 4.78 is 18.5. The summed E-state index contributed by atoms with van der Waals surface area (Å²) >= 11 is 6.35. The van der Waals surface area contributed by atoms with Crippen molar-refractivity contribution in [3.8, 4) is 5.75 Å². The number of carboxylic acids is 1. The number of alkyl halides is 1. The second-order valence-corrected chi connectivity index (χ2v) is 11.7. The molecule has 0 fully saturated rings. The molecule has 1 amide bonds. The zero-order valence-electron chi connectivity index (χ0n) is 22.9. The molecule has 0 saturated carbocycles. The van der Waals surface area contributed by atoms with E-state index in [1.54, 1.807) is 47.6 Å². The van der Waals surface area contributed by atoms with E-state index in [-0.39, 0.29) is 41.9 Å². The molecule has 1 aromatic heterocycles. The van der Waals surface area contributed by atoms with Crippen molar-refractivity contribution in [2.45, 2.75) is 65.3 Å². The number of aromatic carboxylic acids is 1. The fourth-order valence-corrected chi connectivity index (χ4v) is 4.80. The third kappa shape index (κ3) is 5.98. The second kappa shape index (κ2) is 10.4. The minimum Gasteiger partial charge on any atom is -0.487 e. The van der Waals surface area contributed by atoms with Gasteiger partial charge in [-0.1, -0.05) is 30.3 Å². The number of carbonyl (C=O) groups excluding carboxylic acids is 2. The van der Waals surface area contributed by atoms with E-state index in [1.165, 1.54) is 11.0 Å². The Hall–Kier alpha value is -3.72. The van der Waals surface area contributed by atoms with E-state index in [1.807, 2.05) is 30.3 Å². The number of aromatic nitrogens is 1. The predicted molar refractivity (Wildman–Crippen MR) is 148 cm³/mol. The standard InChI is InChI=1S/C29H33ClN2O7/c1-28(2,3)38-26(35)31-15-18(14-30)23-19-12-21(25(33)34)32(27(36)39-29(4,5)6)24(19)22(13-20(23)31)37-16-17-10-8-7-9-11-17/h7-13,18H,14-16H2,1-6H3,(H,33,34). The first-order chi connectivity index (χ1) is 18.2. The molecule has 3 aromatic rings. The minimum absolute atomic E-state index is 0.141. The number of hydrogen-bond donors (Lipinski definition) is 1. The van der Waals surface area contributed by atoms with Gasteiger partial charge < -0.3 is 19.3 Å². The molecule has 0 saturated heterocycles. The number of halogens is 1. The molecule has 1 N–H and O–H groups in total. The molecule has 2 aromatic carbocycles. The van der Waals surface area contributed by atoms with Crippen LogP contribution in [0, 0.1) is 0 Å². The van der Waals surface area contributed by atoms with Crippen LogP contribution in [0.5, 0.6) is 5.75 Å². The first kappa shape index (κ1) is 28.3. The number of ether oxygens (including phenoxy) is 3. The highest BCUT2D eigenvalue weighted by molar-refractivity contribution is 6.19. The van der Waals surface area contributed by atoms with Gasteiger partial charge in [0, 0.05) is 29.8 Å². The third-order valence-corrected chi connectivity index (χ3v) is 6.38. The summed E-state index contributed by atoms with van der Waals surface area (Å²) in [6.07, 6.45) is -1.42. The van der Waals surface area contributed by atoms with Crippen molar-refractivity contribution in [2.75, 3.05) is 17.3 Å². The lowest BCUT2D eigenvalue weighted by Gasteiger charge is -2.25. The quantitative estimate of drug-likeness (QED) is 0.345. The molecule has 1 aliphatic rings. The van der Waals surface area contributed by atoms with Crippen molar-refractivity contribution < 1.29 is 33.7 Å². The van der Waals surface area contributed by atoms with E-state index in [0.717, 1.165) is 10.1 Å². The zero-order chi connectivity index (χ0) is 28.7. The summed E-state index contributed by atoms with van der Waals surface area (Å²) in [5.41, 5.74) is 0.328.